The fourth-order valence-corrected chi connectivity index (χ4v) is 2.53. The lowest BCUT2D eigenvalue weighted by atomic mass is 10.1. The number of anilines is 2. The predicted molar refractivity (Wildman–Crippen MR) is 108 cm³/mol. The van der Waals surface area contributed by atoms with E-state index in [4.69, 9.17) is 11.7 Å². The van der Waals surface area contributed by atoms with Crippen molar-refractivity contribution in [3.05, 3.63) is 58.7 Å². The molecule has 10 nitrogen and oxygen atoms in total. The average Bonchev–Trinajstić information content (AvgIpc) is 2.70. The number of benzene rings is 2. The van der Waals surface area contributed by atoms with Gasteiger partial charge in [-0.05, 0) is 62.1 Å². The van der Waals surface area contributed by atoms with E-state index in [1.807, 2.05) is 0 Å². The maximum absolute atomic E-state index is 12.1. The molecule has 0 heterocycles. The Bertz CT molecular complexity index is 939. The molecule has 0 atom stereocenters. The van der Waals surface area contributed by atoms with E-state index in [0.29, 0.717) is 21.1 Å². The molecule has 0 aliphatic rings. The smallest absolute Gasteiger partial charge is 0.366 e. The summed E-state index contributed by atoms with van der Waals surface area (Å²) in [6.45, 7) is 7.05. The van der Waals surface area contributed by atoms with E-state index in [9.17, 15) is 19.2 Å². The Morgan fingerprint density at radius 1 is 0.667 bits per heavy atom. The van der Waals surface area contributed by atoms with E-state index >= 15 is 0 Å². The van der Waals surface area contributed by atoms with Crippen molar-refractivity contribution in [1.29, 1.82) is 0 Å². The number of nitrogens with zero attached hydrogens (tertiary/aromatic N) is 2. The van der Waals surface area contributed by atoms with Gasteiger partial charge in [-0.1, -0.05) is 24.3 Å². The van der Waals surface area contributed by atoms with Crippen molar-refractivity contribution < 1.29 is 28.7 Å². The Hall–Kier alpha value is -3.76. The molecule has 2 aromatic carbocycles. The van der Waals surface area contributed by atoms with Crippen LogP contribution in [0.5, 0.6) is 0 Å². The second-order valence-corrected chi connectivity index (χ2v) is 6.49. The van der Waals surface area contributed by atoms with Gasteiger partial charge in [0.05, 0.1) is 11.4 Å². The van der Waals surface area contributed by atoms with Gasteiger partial charge in [0.2, 0.25) is 0 Å². The lowest BCUT2D eigenvalue weighted by Gasteiger charge is -2.19. The molecule has 0 aliphatic heterocycles. The molecule has 10 heteroatoms. The first-order valence-corrected chi connectivity index (χ1v) is 8.78. The summed E-state index contributed by atoms with van der Waals surface area (Å²) in [6, 6.07) is 9.99. The molecule has 0 radical (unpaired) electrons. The molecular formula is C20H22N4O6. The minimum Gasteiger partial charge on any atom is -0.366 e. The standard InChI is InChI=1S/C20H22N4O6/c1-11-7-5-9-15(13(11)3)23(21)19(27)29-17(25)18(26)30-20(28)24(22)16-10-6-8-12(2)14(16)4/h5-10H,21-22H2,1-4H3. The molecule has 2 aromatic rings. The summed E-state index contributed by atoms with van der Waals surface area (Å²) in [7, 11) is 0. The summed E-state index contributed by atoms with van der Waals surface area (Å²) in [4.78, 5) is 47.8. The molecule has 2 rings (SSSR count). The number of nitrogens with two attached hydrogens (primary N) is 2. The van der Waals surface area contributed by atoms with Crippen LogP contribution in [0.2, 0.25) is 0 Å². The van der Waals surface area contributed by atoms with Gasteiger partial charge in [0, 0.05) is 0 Å². The van der Waals surface area contributed by atoms with Gasteiger partial charge in [0.15, 0.2) is 0 Å². The first-order valence-electron chi connectivity index (χ1n) is 8.78. The Morgan fingerprint density at radius 2 is 1.00 bits per heavy atom. The maximum atomic E-state index is 12.1. The number of hydrazine groups is 2. The van der Waals surface area contributed by atoms with Gasteiger partial charge in [-0.3, -0.25) is 0 Å². The molecule has 0 fully saturated rings. The number of ether oxygens (including phenoxy) is 2. The van der Waals surface area contributed by atoms with Gasteiger partial charge in [0.1, 0.15) is 0 Å². The van der Waals surface area contributed by atoms with Crippen molar-refractivity contribution in [1.82, 2.24) is 0 Å². The number of hydrogen-bond donors (Lipinski definition) is 2. The quantitative estimate of drug-likeness (QED) is 0.190. The van der Waals surface area contributed by atoms with Crippen LogP contribution >= 0.6 is 0 Å². The van der Waals surface area contributed by atoms with E-state index in [2.05, 4.69) is 9.47 Å². The third-order valence-corrected chi connectivity index (χ3v) is 4.59. The van der Waals surface area contributed by atoms with Gasteiger partial charge in [-0.25, -0.2) is 40.9 Å². The monoisotopic (exact) mass is 414 g/mol. The van der Waals surface area contributed by atoms with Crippen molar-refractivity contribution in [2.24, 2.45) is 11.7 Å². The maximum Gasteiger partial charge on any atom is 0.437 e. The lowest BCUT2D eigenvalue weighted by Crippen LogP contribution is -2.43. The highest BCUT2D eigenvalue weighted by atomic mass is 16.7. The van der Waals surface area contributed by atoms with Crippen LogP contribution in [0.25, 0.3) is 0 Å². The average molecular weight is 414 g/mol. The van der Waals surface area contributed by atoms with Gasteiger partial charge in [-0.2, -0.15) is 0 Å². The van der Waals surface area contributed by atoms with Crippen LogP contribution in [-0.4, -0.2) is 24.1 Å². The largest absolute Gasteiger partial charge is 0.437 e. The topological polar surface area (TPSA) is 145 Å². The van der Waals surface area contributed by atoms with E-state index in [0.717, 1.165) is 11.1 Å². The third kappa shape index (κ3) is 4.80. The molecule has 0 saturated carbocycles. The van der Waals surface area contributed by atoms with Crippen molar-refractivity contribution in [2.45, 2.75) is 27.7 Å². The van der Waals surface area contributed by atoms with Crippen LogP contribution in [0.15, 0.2) is 36.4 Å². The molecule has 30 heavy (non-hydrogen) atoms. The number of carbonyl (C=O) groups excluding carboxylic acids is 4. The van der Waals surface area contributed by atoms with Crippen molar-refractivity contribution in [3.63, 3.8) is 0 Å². The van der Waals surface area contributed by atoms with E-state index in [1.54, 1.807) is 52.0 Å². The number of hydrogen-bond acceptors (Lipinski definition) is 8. The molecule has 0 saturated heterocycles. The Kier molecular flexibility index (Phi) is 6.88. The van der Waals surface area contributed by atoms with Crippen LogP contribution < -0.4 is 21.7 Å². The van der Waals surface area contributed by atoms with Gasteiger partial charge in [-0.15, -0.1) is 0 Å². The van der Waals surface area contributed by atoms with Crippen LogP contribution in [0.4, 0.5) is 21.0 Å². The van der Waals surface area contributed by atoms with E-state index in [-0.39, 0.29) is 11.4 Å². The molecule has 158 valence electrons. The zero-order valence-electron chi connectivity index (χ0n) is 17.0. The summed E-state index contributed by atoms with van der Waals surface area (Å²) >= 11 is 0. The van der Waals surface area contributed by atoms with Crippen LogP contribution in [-0.2, 0) is 19.1 Å². The number of carbonyl (C=O) groups is 4. The summed E-state index contributed by atoms with van der Waals surface area (Å²) in [6.07, 6.45) is -2.64. The Balaban J connectivity index is 2.02. The zero-order chi connectivity index (χ0) is 22.6. The number of aryl methyl sites for hydroxylation is 2. The summed E-state index contributed by atoms with van der Waals surface area (Å²) < 4.78 is 8.78. The minimum absolute atomic E-state index is 0.278. The molecule has 0 aliphatic carbocycles. The van der Waals surface area contributed by atoms with Gasteiger partial charge < -0.3 is 9.47 Å². The van der Waals surface area contributed by atoms with Crippen LogP contribution in [0, 0.1) is 27.7 Å². The summed E-state index contributed by atoms with van der Waals surface area (Å²) in [5.74, 6) is 7.91. The minimum atomic E-state index is -1.72. The highest BCUT2D eigenvalue weighted by molar-refractivity contribution is 6.33. The molecule has 0 aromatic heterocycles. The first kappa shape index (κ1) is 22.5. The molecule has 0 unspecified atom stereocenters. The molecular weight excluding hydrogens is 392 g/mol. The second-order valence-electron chi connectivity index (χ2n) is 6.49. The highest BCUT2D eigenvalue weighted by Gasteiger charge is 2.29. The summed E-state index contributed by atoms with van der Waals surface area (Å²) in [5, 5.41) is 1.14. The molecule has 0 spiro atoms. The Labute approximate surface area is 172 Å². The van der Waals surface area contributed by atoms with Crippen molar-refractivity contribution >= 4 is 35.5 Å². The highest BCUT2D eigenvalue weighted by Crippen LogP contribution is 2.22. The van der Waals surface area contributed by atoms with E-state index < -0.39 is 24.1 Å². The second kappa shape index (κ2) is 9.16. The molecule has 2 amide bonds. The lowest BCUT2D eigenvalue weighted by molar-refractivity contribution is -0.159. The normalized spacial score (nSPS) is 10.2. The molecule has 4 N–H and O–H groups in total. The summed E-state index contributed by atoms with van der Waals surface area (Å²) in [5.41, 5.74) is 3.60. The molecule has 0 bridgehead atoms. The fourth-order valence-electron chi connectivity index (χ4n) is 2.53. The number of esters is 2. The third-order valence-electron chi connectivity index (χ3n) is 4.59. The van der Waals surface area contributed by atoms with Gasteiger partial charge in [0.25, 0.3) is 0 Å². The number of rotatable bonds is 2. The number of amides is 2. The van der Waals surface area contributed by atoms with Crippen molar-refractivity contribution in [3.8, 4) is 0 Å². The first-order chi connectivity index (χ1) is 14.0. The Morgan fingerprint density at radius 3 is 1.33 bits per heavy atom. The zero-order valence-corrected chi connectivity index (χ0v) is 17.0. The van der Waals surface area contributed by atoms with Crippen LogP contribution in [0.3, 0.4) is 0 Å². The van der Waals surface area contributed by atoms with E-state index in [1.165, 1.54) is 12.1 Å². The predicted octanol–water partition coefficient (Wildman–Crippen LogP) is 2.31. The van der Waals surface area contributed by atoms with Crippen molar-refractivity contribution in [2.75, 3.05) is 10.0 Å². The SMILES string of the molecule is Cc1cccc(N(N)C(=O)OC(=O)C(=O)OC(=O)N(N)c2cccc(C)c2C)c1C. The van der Waals surface area contributed by atoms with Gasteiger partial charge >= 0.3 is 24.1 Å². The van der Waals surface area contributed by atoms with Crippen LogP contribution in [0.1, 0.15) is 22.3 Å². The fraction of sp³-hybridized carbons (Fsp3) is 0.200.